The van der Waals surface area contributed by atoms with Crippen molar-refractivity contribution in [1.82, 2.24) is 20.3 Å². The Bertz CT molecular complexity index is 961. The monoisotopic (exact) mass is 454 g/mol. The maximum atomic E-state index is 13.4. The van der Waals surface area contributed by atoms with Crippen LogP contribution in [0.3, 0.4) is 0 Å². The summed E-state index contributed by atoms with van der Waals surface area (Å²) in [6.07, 6.45) is 5.07. The molecule has 32 heavy (non-hydrogen) atoms. The molecule has 0 saturated carbocycles. The van der Waals surface area contributed by atoms with Crippen molar-refractivity contribution >= 4 is 23.3 Å². The van der Waals surface area contributed by atoms with E-state index in [0.717, 1.165) is 6.54 Å². The molecule has 2 aromatic rings. The number of amides is 1. The van der Waals surface area contributed by atoms with Gasteiger partial charge in [-0.2, -0.15) is 10.2 Å². The number of hydrogen-bond acceptors (Lipinski definition) is 6. The maximum absolute atomic E-state index is 13.4. The van der Waals surface area contributed by atoms with E-state index in [0.29, 0.717) is 24.2 Å². The molecule has 2 unspecified atom stereocenters. The Morgan fingerprint density at radius 1 is 1.28 bits per heavy atom. The summed E-state index contributed by atoms with van der Waals surface area (Å²) >= 11 is 6.28. The summed E-state index contributed by atoms with van der Waals surface area (Å²) in [7, 11) is 0. The average molecular weight is 455 g/mol. The van der Waals surface area contributed by atoms with E-state index in [1.165, 1.54) is 36.0 Å². The zero-order valence-corrected chi connectivity index (χ0v) is 19.9. The molecule has 2 heterocycles. The first-order chi connectivity index (χ1) is 15.3. The van der Waals surface area contributed by atoms with Crippen LogP contribution in [0.4, 0.5) is 5.82 Å². The lowest BCUT2D eigenvalue weighted by molar-refractivity contribution is 0.0950. The highest BCUT2D eigenvalue weighted by Crippen LogP contribution is 2.26. The molecule has 0 bridgehead atoms. The van der Waals surface area contributed by atoms with Crippen LogP contribution in [0.15, 0.2) is 30.5 Å². The molecule has 1 aromatic heterocycles. The number of halogens is 1. The Labute approximate surface area is 195 Å². The number of carbonyl (C=O) groups is 1. The van der Waals surface area contributed by atoms with E-state index < -0.39 is 0 Å². The van der Waals surface area contributed by atoms with Gasteiger partial charge in [0, 0.05) is 30.7 Å². The number of hydrogen-bond donors (Lipinski definition) is 1. The largest absolute Gasteiger partial charge is 0.294 e. The van der Waals surface area contributed by atoms with Crippen LogP contribution in [-0.2, 0) is 6.54 Å². The second-order valence-corrected chi connectivity index (χ2v) is 9.28. The first-order valence-corrected chi connectivity index (χ1v) is 11.5. The van der Waals surface area contributed by atoms with Crippen molar-refractivity contribution in [3.05, 3.63) is 52.4 Å². The first-order valence-electron chi connectivity index (χ1n) is 11.2. The highest BCUT2D eigenvalue weighted by atomic mass is 35.5. The van der Waals surface area contributed by atoms with E-state index in [1.54, 1.807) is 0 Å². The van der Waals surface area contributed by atoms with Gasteiger partial charge in [-0.25, -0.2) is 15.4 Å². The molecule has 7 nitrogen and oxygen atoms in total. The number of anilines is 1. The van der Waals surface area contributed by atoms with Crippen molar-refractivity contribution in [3.8, 4) is 6.07 Å². The van der Waals surface area contributed by atoms with Gasteiger partial charge in [0.15, 0.2) is 5.82 Å². The minimum Gasteiger partial charge on any atom is -0.294 e. The Morgan fingerprint density at radius 2 is 1.94 bits per heavy atom. The van der Waals surface area contributed by atoms with E-state index in [9.17, 15) is 4.79 Å². The molecule has 1 aromatic carbocycles. The fourth-order valence-electron chi connectivity index (χ4n) is 3.96. The molecule has 1 aliphatic rings. The van der Waals surface area contributed by atoms with Gasteiger partial charge < -0.3 is 0 Å². The lowest BCUT2D eigenvalue weighted by atomic mass is 9.96. The zero-order chi connectivity index (χ0) is 23.3. The minimum atomic E-state index is -0.290. The van der Waals surface area contributed by atoms with Crippen LogP contribution in [0.25, 0.3) is 0 Å². The first kappa shape index (κ1) is 24.1. The Morgan fingerprint density at radius 3 is 2.53 bits per heavy atom. The number of nitrogens with one attached hydrogen (secondary N) is 1. The van der Waals surface area contributed by atoms with E-state index in [1.807, 2.05) is 44.2 Å². The number of nitrogens with zero attached hydrogens (tertiary/aromatic N) is 5. The smallest absolute Gasteiger partial charge is 0.274 e. The van der Waals surface area contributed by atoms with Crippen LogP contribution in [0.2, 0.25) is 5.02 Å². The lowest BCUT2D eigenvalue weighted by Gasteiger charge is -2.39. The summed E-state index contributed by atoms with van der Waals surface area (Å²) in [5.41, 5.74) is 4.80. The standard InChI is InChI=1S/C24H31ClN6O/c1-16(2)13-28-31(23-21(25)14-27-22(12-26)29-23)24(32)20-10-8-19(9-11-20)15-30-17(3)6-5-7-18(30)4/h8-11,14,16-18,28H,5-7,13,15H2,1-4H3. The highest BCUT2D eigenvalue weighted by Gasteiger charge is 2.25. The van der Waals surface area contributed by atoms with Crippen molar-refractivity contribution in [2.45, 2.75) is 65.6 Å². The van der Waals surface area contributed by atoms with Gasteiger partial charge in [0.25, 0.3) is 5.91 Å². The van der Waals surface area contributed by atoms with E-state index in [-0.39, 0.29) is 28.5 Å². The van der Waals surface area contributed by atoms with E-state index >= 15 is 0 Å². The van der Waals surface area contributed by atoms with Gasteiger partial charge in [-0.3, -0.25) is 9.69 Å². The normalized spacial score (nSPS) is 19.0. The molecule has 1 saturated heterocycles. The quantitative estimate of drug-likeness (QED) is 0.616. The molecular weight excluding hydrogens is 424 g/mol. The summed E-state index contributed by atoms with van der Waals surface area (Å²) in [5, 5.41) is 10.7. The van der Waals surface area contributed by atoms with Crippen LogP contribution in [0.5, 0.6) is 0 Å². The topological polar surface area (TPSA) is 85.2 Å². The molecular formula is C24H31ClN6O. The molecule has 0 aliphatic carbocycles. The number of likely N-dealkylation sites (tertiary alicyclic amines) is 1. The van der Waals surface area contributed by atoms with Crippen LogP contribution in [0, 0.1) is 17.2 Å². The number of aromatic nitrogens is 2. The molecule has 1 amide bonds. The Kier molecular flexibility index (Phi) is 8.19. The van der Waals surface area contributed by atoms with Gasteiger partial charge in [-0.1, -0.05) is 44.0 Å². The third-order valence-electron chi connectivity index (χ3n) is 5.84. The number of nitriles is 1. The van der Waals surface area contributed by atoms with Gasteiger partial charge >= 0.3 is 0 Å². The van der Waals surface area contributed by atoms with Gasteiger partial charge in [-0.05, 0) is 50.3 Å². The fraction of sp³-hybridized carbons (Fsp3) is 0.500. The number of rotatable bonds is 7. The van der Waals surface area contributed by atoms with Crippen LogP contribution >= 0.6 is 11.6 Å². The van der Waals surface area contributed by atoms with Crippen LogP contribution < -0.4 is 10.4 Å². The summed E-state index contributed by atoms with van der Waals surface area (Å²) in [6.45, 7) is 10.1. The Balaban J connectivity index is 1.82. The lowest BCUT2D eigenvalue weighted by Crippen LogP contribution is -2.45. The van der Waals surface area contributed by atoms with Gasteiger partial charge in [0.1, 0.15) is 11.1 Å². The summed E-state index contributed by atoms with van der Waals surface area (Å²) in [4.78, 5) is 23.9. The second-order valence-electron chi connectivity index (χ2n) is 8.87. The average Bonchev–Trinajstić information content (AvgIpc) is 2.77. The van der Waals surface area contributed by atoms with Crippen molar-refractivity contribution in [3.63, 3.8) is 0 Å². The van der Waals surface area contributed by atoms with Crippen molar-refractivity contribution in [1.29, 1.82) is 5.26 Å². The molecule has 2 atom stereocenters. The summed E-state index contributed by atoms with van der Waals surface area (Å²) < 4.78 is 0. The third kappa shape index (κ3) is 5.83. The number of benzene rings is 1. The highest BCUT2D eigenvalue weighted by molar-refractivity contribution is 6.33. The van der Waals surface area contributed by atoms with Gasteiger partial charge in [0.2, 0.25) is 5.82 Å². The summed E-state index contributed by atoms with van der Waals surface area (Å²) in [5.74, 6) is 0.122. The Hall–Kier alpha value is -2.53. The molecule has 1 N–H and O–H groups in total. The van der Waals surface area contributed by atoms with Crippen molar-refractivity contribution < 1.29 is 4.79 Å². The maximum Gasteiger partial charge on any atom is 0.274 e. The molecule has 170 valence electrons. The molecule has 0 radical (unpaired) electrons. The van der Waals surface area contributed by atoms with Gasteiger partial charge in [-0.15, -0.1) is 0 Å². The van der Waals surface area contributed by atoms with E-state index in [4.69, 9.17) is 16.9 Å². The third-order valence-corrected chi connectivity index (χ3v) is 6.11. The fourth-order valence-corrected chi connectivity index (χ4v) is 4.14. The van der Waals surface area contributed by atoms with Crippen molar-refractivity contribution in [2.75, 3.05) is 11.6 Å². The van der Waals surface area contributed by atoms with Crippen LogP contribution in [0.1, 0.15) is 68.7 Å². The second kappa shape index (κ2) is 10.9. The molecule has 1 aliphatic heterocycles. The molecule has 0 spiro atoms. The molecule has 1 fully saturated rings. The predicted molar refractivity (Wildman–Crippen MR) is 126 cm³/mol. The number of carbonyl (C=O) groups excluding carboxylic acids is 1. The minimum absolute atomic E-state index is 0.0475. The van der Waals surface area contributed by atoms with E-state index in [2.05, 4.69) is 34.1 Å². The van der Waals surface area contributed by atoms with Gasteiger partial charge in [0.05, 0.1) is 6.20 Å². The molecule has 3 rings (SSSR count). The van der Waals surface area contributed by atoms with Crippen molar-refractivity contribution in [2.24, 2.45) is 5.92 Å². The van der Waals surface area contributed by atoms with Crippen LogP contribution in [-0.4, -0.2) is 39.4 Å². The predicted octanol–water partition coefficient (Wildman–Crippen LogP) is 4.57. The number of piperidine rings is 1. The zero-order valence-electron chi connectivity index (χ0n) is 19.2. The SMILES string of the molecule is CC(C)CNN(C(=O)c1ccc(CN2C(C)CCCC2C)cc1)c1nc(C#N)ncc1Cl. The number of hydrazine groups is 1. The summed E-state index contributed by atoms with van der Waals surface area (Å²) in [6, 6.07) is 10.7. The molecule has 8 heteroatoms.